The molecule has 1 atom stereocenters. The summed E-state index contributed by atoms with van der Waals surface area (Å²) in [7, 11) is 2.21. The van der Waals surface area contributed by atoms with Crippen molar-refractivity contribution in [3.63, 3.8) is 0 Å². The van der Waals surface area contributed by atoms with Crippen LogP contribution >= 0.6 is 0 Å². The summed E-state index contributed by atoms with van der Waals surface area (Å²) < 4.78 is 0. The summed E-state index contributed by atoms with van der Waals surface area (Å²) in [5, 5.41) is 9.01. The second kappa shape index (κ2) is 6.46. The van der Waals surface area contributed by atoms with Crippen LogP contribution < -0.4 is 0 Å². The second-order valence-electron chi connectivity index (χ2n) is 5.08. The highest BCUT2D eigenvalue weighted by Gasteiger charge is 2.20. The fraction of sp³-hybridized carbons (Fsp3) is 1.00. The zero-order valence-corrected chi connectivity index (χ0v) is 10.4. The maximum atomic E-state index is 9.01. The largest absolute Gasteiger partial charge is 0.395 e. The van der Waals surface area contributed by atoms with Crippen molar-refractivity contribution in [2.45, 2.75) is 32.7 Å². The van der Waals surface area contributed by atoms with Crippen LogP contribution in [0.25, 0.3) is 0 Å². The lowest BCUT2D eigenvalue weighted by molar-refractivity contribution is 0.112. The Bertz CT molecular complexity index is 173. The number of piperidine rings is 1. The Morgan fingerprint density at radius 2 is 2.20 bits per heavy atom. The first-order valence-corrected chi connectivity index (χ1v) is 6.17. The minimum atomic E-state index is 0.279. The Morgan fingerprint density at radius 1 is 1.47 bits per heavy atom. The van der Waals surface area contributed by atoms with E-state index in [9.17, 15) is 0 Å². The van der Waals surface area contributed by atoms with E-state index >= 15 is 0 Å². The van der Waals surface area contributed by atoms with Gasteiger partial charge < -0.3 is 10.0 Å². The molecule has 15 heavy (non-hydrogen) atoms. The average molecular weight is 214 g/mol. The van der Waals surface area contributed by atoms with Crippen LogP contribution in [-0.4, -0.2) is 60.8 Å². The molecule has 1 aliphatic heterocycles. The zero-order chi connectivity index (χ0) is 11.3. The standard InChI is InChI=1S/C12H26N2O/c1-11(2)14(7-8-15)10-12-5-4-6-13(3)9-12/h11-12,15H,4-10H2,1-3H3. The molecule has 0 aromatic carbocycles. The third-order valence-electron chi connectivity index (χ3n) is 3.33. The van der Waals surface area contributed by atoms with E-state index in [1.165, 1.54) is 25.9 Å². The molecule has 0 aromatic rings. The van der Waals surface area contributed by atoms with Gasteiger partial charge in [-0.1, -0.05) is 0 Å². The van der Waals surface area contributed by atoms with Crippen molar-refractivity contribution in [2.75, 3.05) is 39.8 Å². The van der Waals surface area contributed by atoms with Gasteiger partial charge in [0.25, 0.3) is 0 Å². The number of hydrogen-bond acceptors (Lipinski definition) is 3. The maximum Gasteiger partial charge on any atom is 0.0558 e. The molecule has 3 heteroatoms. The van der Waals surface area contributed by atoms with E-state index in [-0.39, 0.29) is 6.61 Å². The normalized spacial score (nSPS) is 24.0. The minimum absolute atomic E-state index is 0.279. The van der Waals surface area contributed by atoms with Crippen LogP contribution in [0.15, 0.2) is 0 Å². The van der Waals surface area contributed by atoms with Crippen molar-refractivity contribution in [1.29, 1.82) is 0 Å². The number of hydrogen-bond donors (Lipinski definition) is 1. The molecule has 1 unspecified atom stereocenters. The van der Waals surface area contributed by atoms with Crippen molar-refractivity contribution in [2.24, 2.45) is 5.92 Å². The number of nitrogens with zero attached hydrogens (tertiary/aromatic N) is 2. The van der Waals surface area contributed by atoms with Crippen LogP contribution in [-0.2, 0) is 0 Å². The summed E-state index contributed by atoms with van der Waals surface area (Å²) >= 11 is 0. The van der Waals surface area contributed by atoms with Crippen molar-refractivity contribution in [3.05, 3.63) is 0 Å². The number of rotatable bonds is 5. The van der Waals surface area contributed by atoms with Crippen molar-refractivity contribution >= 4 is 0 Å². The fourth-order valence-electron chi connectivity index (χ4n) is 2.44. The molecule has 0 aromatic heterocycles. The number of aliphatic hydroxyl groups excluding tert-OH is 1. The number of aliphatic hydroxyl groups is 1. The summed E-state index contributed by atoms with van der Waals surface area (Å²) in [6.07, 6.45) is 2.67. The van der Waals surface area contributed by atoms with Crippen LogP contribution in [0.3, 0.4) is 0 Å². The molecule has 1 N–H and O–H groups in total. The fourth-order valence-corrected chi connectivity index (χ4v) is 2.44. The monoisotopic (exact) mass is 214 g/mol. The van der Waals surface area contributed by atoms with Gasteiger partial charge in [0.15, 0.2) is 0 Å². The molecule has 0 aliphatic carbocycles. The van der Waals surface area contributed by atoms with Crippen molar-refractivity contribution in [1.82, 2.24) is 9.80 Å². The molecule has 90 valence electrons. The van der Waals surface area contributed by atoms with Gasteiger partial charge in [-0.3, -0.25) is 4.90 Å². The van der Waals surface area contributed by atoms with Crippen LogP contribution in [0.5, 0.6) is 0 Å². The zero-order valence-electron chi connectivity index (χ0n) is 10.4. The van der Waals surface area contributed by atoms with Gasteiger partial charge in [-0.2, -0.15) is 0 Å². The lowest BCUT2D eigenvalue weighted by Gasteiger charge is -2.35. The average Bonchev–Trinajstić information content (AvgIpc) is 2.17. The molecule has 1 saturated heterocycles. The predicted molar refractivity (Wildman–Crippen MR) is 64.0 cm³/mol. The molecule has 0 spiro atoms. The van der Waals surface area contributed by atoms with Gasteiger partial charge in [0.05, 0.1) is 6.61 Å². The van der Waals surface area contributed by atoms with E-state index < -0.39 is 0 Å². The van der Waals surface area contributed by atoms with Gasteiger partial charge in [0, 0.05) is 25.7 Å². The molecule has 1 heterocycles. The lowest BCUT2D eigenvalue weighted by atomic mass is 9.97. The molecular weight excluding hydrogens is 188 g/mol. The first-order chi connectivity index (χ1) is 7.13. The molecule has 0 bridgehead atoms. The molecule has 1 rings (SSSR count). The molecule has 1 aliphatic rings. The Labute approximate surface area is 94.1 Å². The topological polar surface area (TPSA) is 26.7 Å². The SMILES string of the molecule is CC(C)N(CCO)CC1CCCN(C)C1. The highest BCUT2D eigenvalue weighted by atomic mass is 16.3. The summed E-state index contributed by atoms with van der Waals surface area (Å²) in [4.78, 5) is 4.81. The third kappa shape index (κ3) is 4.49. The van der Waals surface area contributed by atoms with Gasteiger partial charge in [0.1, 0.15) is 0 Å². The first-order valence-electron chi connectivity index (χ1n) is 6.17. The first kappa shape index (κ1) is 12.9. The molecule has 1 fully saturated rings. The van der Waals surface area contributed by atoms with Crippen LogP contribution in [0.2, 0.25) is 0 Å². The van der Waals surface area contributed by atoms with Crippen LogP contribution in [0.4, 0.5) is 0 Å². The van der Waals surface area contributed by atoms with E-state index in [1.54, 1.807) is 0 Å². The van der Waals surface area contributed by atoms with Crippen molar-refractivity contribution < 1.29 is 5.11 Å². The Kier molecular flexibility index (Phi) is 5.58. The van der Waals surface area contributed by atoms with Gasteiger partial charge in [-0.25, -0.2) is 0 Å². The third-order valence-corrected chi connectivity index (χ3v) is 3.33. The quantitative estimate of drug-likeness (QED) is 0.740. The van der Waals surface area contributed by atoms with Gasteiger partial charge in [-0.05, 0) is 46.2 Å². The maximum absolute atomic E-state index is 9.01. The summed E-state index contributed by atoms with van der Waals surface area (Å²) in [6.45, 7) is 9.12. The van der Waals surface area contributed by atoms with Gasteiger partial charge in [-0.15, -0.1) is 0 Å². The second-order valence-corrected chi connectivity index (χ2v) is 5.08. The molecular formula is C12H26N2O. The van der Waals surface area contributed by atoms with Crippen molar-refractivity contribution in [3.8, 4) is 0 Å². The van der Waals surface area contributed by atoms with Crippen LogP contribution in [0, 0.1) is 5.92 Å². The molecule has 3 nitrogen and oxygen atoms in total. The molecule has 0 radical (unpaired) electrons. The van der Waals surface area contributed by atoms with E-state index in [1.807, 2.05) is 0 Å². The Hall–Kier alpha value is -0.120. The van der Waals surface area contributed by atoms with Crippen LogP contribution in [0.1, 0.15) is 26.7 Å². The summed E-state index contributed by atoms with van der Waals surface area (Å²) in [5.74, 6) is 0.790. The van der Waals surface area contributed by atoms with E-state index in [4.69, 9.17) is 5.11 Å². The van der Waals surface area contributed by atoms with E-state index in [0.29, 0.717) is 6.04 Å². The smallest absolute Gasteiger partial charge is 0.0558 e. The van der Waals surface area contributed by atoms with E-state index in [0.717, 1.165) is 19.0 Å². The molecule has 0 saturated carbocycles. The Morgan fingerprint density at radius 3 is 2.73 bits per heavy atom. The Balaban J connectivity index is 2.35. The van der Waals surface area contributed by atoms with E-state index in [2.05, 4.69) is 30.7 Å². The minimum Gasteiger partial charge on any atom is -0.395 e. The highest BCUT2D eigenvalue weighted by Crippen LogP contribution is 2.17. The molecule has 0 amide bonds. The predicted octanol–water partition coefficient (Wildman–Crippen LogP) is 1.03. The highest BCUT2D eigenvalue weighted by molar-refractivity contribution is 4.75. The summed E-state index contributed by atoms with van der Waals surface area (Å²) in [5.41, 5.74) is 0. The van der Waals surface area contributed by atoms with Gasteiger partial charge in [0.2, 0.25) is 0 Å². The summed E-state index contributed by atoms with van der Waals surface area (Å²) in [6, 6.07) is 0.546. The number of likely N-dealkylation sites (tertiary alicyclic amines) is 1. The van der Waals surface area contributed by atoms with Gasteiger partial charge >= 0.3 is 0 Å². The lowest BCUT2D eigenvalue weighted by Crippen LogP contribution is -2.42.